The molecule has 4 atom stereocenters. The molecule has 1 aliphatic rings. The molecule has 6 heteroatoms. The lowest BCUT2D eigenvalue weighted by atomic mass is 10.0. The highest BCUT2D eigenvalue weighted by molar-refractivity contribution is 5.79. The van der Waals surface area contributed by atoms with Crippen molar-refractivity contribution in [3.05, 3.63) is 35.4 Å². The minimum absolute atomic E-state index is 0.189. The molecule has 1 amide bonds. The van der Waals surface area contributed by atoms with E-state index in [1.54, 1.807) is 6.92 Å². The van der Waals surface area contributed by atoms with Crippen LogP contribution in [-0.2, 0) is 4.79 Å². The first kappa shape index (κ1) is 15.9. The molecule has 0 aliphatic heterocycles. The van der Waals surface area contributed by atoms with Crippen LogP contribution in [0.15, 0.2) is 18.2 Å². The molecule has 4 nitrogen and oxygen atoms in total. The summed E-state index contributed by atoms with van der Waals surface area (Å²) in [4.78, 5) is 12.0. The lowest BCUT2D eigenvalue weighted by Gasteiger charge is -2.23. The number of carbonyl (C=O) groups excluding carboxylic acids is 1. The number of rotatable bonds is 4. The molecule has 0 aromatic heterocycles. The molecule has 0 radical (unpaired) electrons. The van der Waals surface area contributed by atoms with Crippen molar-refractivity contribution in [1.82, 2.24) is 5.32 Å². The maximum absolute atomic E-state index is 13.2. The molecule has 0 bridgehead atoms. The van der Waals surface area contributed by atoms with Crippen LogP contribution in [0.3, 0.4) is 0 Å². The number of hydrogen-bond donors (Lipinski definition) is 3. The summed E-state index contributed by atoms with van der Waals surface area (Å²) in [6.45, 7) is 1.57. The minimum atomic E-state index is -1.15. The molecule has 116 valence electrons. The number of carbonyl (C=O) groups is 1. The highest BCUT2D eigenvalue weighted by Gasteiger charge is 2.33. The quantitative estimate of drug-likeness (QED) is 0.792. The topological polar surface area (TPSA) is 69.6 Å². The molecule has 1 fully saturated rings. The Bertz CT molecular complexity index is 524. The predicted molar refractivity (Wildman–Crippen MR) is 72.3 cm³/mol. The molecule has 2 rings (SSSR count). The maximum atomic E-state index is 13.2. The van der Waals surface area contributed by atoms with Crippen molar-refractivity contribution in [3.8, 4) is 0 Å². The Morgan fingerprint density at radius 3 is 2.62 bits per heavy atom. The zero-order valence-electron chi connectivity index (χ0n) is 11.7. The number of amides is 1. The van der Waals surface area contributed by atoms with Crippen LogP contribution in [0.2, 0.25) is 0 Å². The number of benzene rings is 1. The van der Waals surface area contributed by atoms with Crippen LogP contribution in [0.1, 0.15) is 37.9 Å². The fourth-order valence-electron chi connectivity index (χ4n) is 2.64. The fourth-order valence-corrected chi connectivity index (χ4v) is 2.64. The van der Waals surface area contributed by atoms with Gasteiger partial charge in [-0.3, -0.25) is 4.79 Å². The van der Waals surface area contributed by atoms with E-state index < -0.39 is 35.8 Å². The van der Waals surface area contributed by atoms with E-state index >= 15 is 0 Å². The van der Waals surface area contributed by atoms with Gasteiger partial charge in [0.25, 0.3) is 0 Å². The van der Waals surface area contributed by atoms with Gasteiger partial charge in [-0.2, -0.15) is 0 Å². The monoisotopic (exact) mass is 299 g/mol. The number of aliphatic hydroxyl groups excluding tert-OH is 2. The molecule has 21 heavy (non-hydrogen) atoms. The smallest absolute Gasteiger partial charge is 0.226 e. The summed E-state index contributed by atoms with van der Waals surface area (Å²) in [5, 5.41) is 22.4. The van der Waals surface area contributed by atoms with Gasteiger partial charge in [0, 0.05) is 0 Å². The molecule has 1 aromatic rings. The Balaban J connectivity index is 2.00. The average molecular weight is 299 g/mol. The van der Waals surface area contributed by atoms with Gasteiger partial charge in [-0.25, -0.2) is 8.78 Å². The summed E-state index contributed by atoms with van der Waals surface area (Å²) in [6.07, 6.45) is 0.193. The minimum Gasteiger partial charge on any atom is -0.392 e. The molecular weight excluding hydrogens is 280 g/mol. The van der Waals surface area contributed by atoms with Gasteiger partial charge in [0.1, 0.15) is 0 Å². The van der Waals surface area contributed by atoms with Crippen LogP contribution in [-0.4, -0.2) is 28.3 Å². The van der Waals surface area contributed by atoms with Crippen molar-refractivity contribution >= 4 is 5.91 Å². The largest absolute Gasteiger partial charge is 0.392 e. The van der Waals surface area contributed by atoms with Crippen LogP contribution < -0.4 is 5.32 Å². The zero-order valence-corrected chi connectivity index (χ0v) is 11.7. The summed E-state index contributed by atoms with van der Waals surface area (Å²) in [5.74, 6) is -2.83. The predicted octanol–water partition coefficient (Wildman–Crippen LogP) is 1.66. The Labute approximate surface area is 121 Å². The van der Waals surface area contributed by atoms with Crippen molar-refractivity contribution < 1.29 is 23.8 Å². The van der Waals surface area contributed by atoms with Crippen molar-refractivity contribution in [2.75, 3.05) is 0 Å². The number of hydrogen-bond acceptors (Lipinski definition) is 3. The normalized spacial score (nSPS) is 24.6. The number of halogens is 2. The first-order chi connectivity index (χ1) is 9.90. The fraction of sp³-hybridized carbons (Fsp3) is 0.533. The van der Waals surface area contributed by atoms with Crippen LogP contribution in [0, 0.1) is 17.6 Å². The first-order valence-corrected chi connectivity index (χ1v) is 7.01. The summed E-state index contributed by atoms with van der Waals surface area (Å²) >= 11 is 0. The third-order valence-electron chi connectivity index (χ3n) is 3.94. The highest BCUT2D eigenvalue weighted by atomic mass is 19.2. The van der Waals surface area contributed by atoms with E-state index in [9.17, 15) is 23.8 Å². The first-order valence-electron chi connectivity index (χ1n) is 7.01. The molecule has 0 spiro atoms. The summed E-state index contributed by atoms with van der Waals surface area (Å²) in [6, 6.07) is 2.45. The van der Waals surface area contributed by atoms with E-state index in [1.807, 2.05) is 0 Å². The van der Waals surface area contributed by atoms with Crippen molar-refractivity contribution in [2.45, 2.75) is 44.4 Å². The van der Waals surface area contributed by atoms with Gasteiger partial charge in [0.05, 0.1) is 24.2 Å². The van der Waals surface area contributed by atoms with Crippen molar-refractivity contribution in [2.24, 2.45) is 5.92 Å². The molecular formula is C15H19F2NO3. The van der Waals surface area contributed by atoms with Gasteiger partial charge < -0.3 is 15.5 Å². The Morgan fingerprint density at radius 1 is 1.33 bits per heavy atom. The Hall–Kier alpha value is -1.53. The van der Waals surface area contributed by atoms with Gasteiger partial charge in [-0.1, -0.05) is 6.07 Å². The van der Waals surface area contributed by atoms with Gasteiger partial charge in [-0.15, -0.1) is 0 Å². The molecule has 1 saturated carbocycles. The molecule has 1 aliphatic carbocycles. The van der Waals surface area contributed by atoms with E-state index in [4.69, 9.17) is 0 Å². The van der Waals surface area contributed by atoms with Crippen LogP contribution in [0.25, 0.3) is 0 Å². The van der Waals surface area contributed by atoms with Gasteiger partial charge in [0.2, 0.25) is 5.91 Å². The third-order valence-corrected chi connectivity index (χ3v) is 3.94. The zero-order chi connectivity index (χ0) is 15.6. The van der Waals surface area contributed by atoms with Gasteiger partial charge in [-0.05, 0) is 43.9 Å². The molecule has 4 unspecified atom stereocenters. The van der Waals surface area contributed by atoms with Gasteiger partial charge >= 0.3 is 0 Å². The Morgan fingerprint density at radius 2 is 2.05 bits per heavy atom. The van der Waals surface area contributed by atoms with E-state index in [0.29, 0.717) is 12.8 Å². The average Bonchev–Trinajstić information content (AvgIpc) is 2.87. The third kappa shape index (κ3) is 3.57. The van der Waals surface area contributed by atoms with E-state index in [1.165, 1.54) is 6.07 Å². The summed E-state index contributed by atoms with van der Waals surface area (Å²) in [5.41, 5.74) is 0.189. The molecule has 0 heterocycles. The standard InChI is InChI=1S/C15H19F2NO3/c1-8(18-15(21)10-3-2-4-13(10)19)14(20)9-5-6-11(16)12(17)7-9/h5-8,10,13-14,19-20H,2-4H2,1H3,(H,18,21). The van der Waals surface area contributed by atoms with Crippen LogP contribution >= 0.6 is 0 Å². The lowest BCUT2D eigenvalue weighted by molar-refractivity contribution is -0.129. The second-order valence-electron chi connectivity index (χ2n) is 5.52. The SMILES string of the molecule is CC(NC(=O)C1CCCC1O)C(O)c1ccc(F)c(F)c1. The highest BCUT2D eigenvalue weighted by Crippen LogP contribution is 2.26. The maximum Gasteiger partial charge on any atom is 0.226 e. The molecule has 3 N–H and O–H groups in total. The van der Waals surface area contributed by atoms with E-state index in [2.05, 4.69) is 5.32 Å². The number of nitrogens with one attached hydrogen (secondary N) is 1. The summed E-state index contributed by atoms with van der Waals surface area (Å²) < 4.78 is 26.0. The lowest BCUT2D eigenvalue weighted by Crippen LogP contribution is -2.42. The molecule has 1 aromatic carbocycles. The van der Waals surface area contributed by atoms with E-state index in [0.717, 1.165) is 18.6 Å². The molecule has 0 saturated heterocycles. The Kier molecular flexibility index (Phi) is 4.90. The van der Waals surface area contributed by atoms with Crippen LogP contribution in [0.5, 0.6) is 0 Å². The second-order valence-corrected chi connectivity index (χ2v) is 5.52. The second kappa shape index (κ2) is 6.49. The van der Waals surface area contributed by atoms with Crippen molar-refractivity contribution in [3.63, 3.8) is 0 Å². The van der Waals surface area contributed by atoms with Crippen LogP contribution in [0.4, 0.5) is 8.78 Å². The summed E-state index contributed by atoms with van der Waals surface area (Å²) in [7, 11) is 0. The number of aliphatic hydroxyl groups is 2. The van der Waals surface area contributed by atoms with Gasteiger partial charge in [0.15, 0.2) is 11.6 Å². The van der Waals surface area contributed by atoms with E-state index in [-0.39, 0.29) is 11.5 Å². The van der Waals surface area contributed by atoms with Crippen molar-refractivity contribution in [1.29, 1.82) is 0 Å².